The minimum Gasteiger partial charge on any atom is -0.327 e. The highest BCUT2D eigenvalue weighted by Gasteiger charge is 2.13. The number of pyridine rings is 1. The van der Waals surface area contributed by atoms with Crippen molar-refractivity contribution in [1.82, 2.24) is 4.98 Å². The second-order valence-corrected chi connectivity index (χ2v) is 6.57. The Morgan fingerprint density at radius 1 is 1.00 bits per heavy atom. The highest BCUT2D eigenvalue weighted by molar-refractivity contribution is 6.05. The van der Waals surface area contributed by atoms with Crippen LogP contribution in [0.3, 0.4) is 0 Å². The Morgan fingerprint density at radius 2 is 1.75 bits per heavy atom. The number of benzene rings is 2. The summed E-state index contributed by atoms with van der Waals surface area (Å²) in [5.74, 6) is 0.486. The summed E-state index contributed by atoms with van der Waals surface area (Å²) in [6.07, 6.45) is 1.64. The van der Waals surface area contributed by atoms with E-state index in [1.165, 1.54) is 12.5 Å². The van der Waals surface area contributed by atoms with Crippen LogP contribution in [0.4, 0.5) is 17.2 Å². The third kappa shape index (κ3) is 4.43. The van der Waals surface area contributed by atoms with Gasteiger partial charge in [0.25, 0.3) is 5.91 Å². The van der Waals surface area contributed by atoms with E-state index in [9.17, 15) is 9.59 Å². The van der Waals surface area contributed by atoms with Gasteiger partial charge in [0.05, 0.1) is 0 Å². The molecule has 0 saturated carbocycles. The zero-order chi connectivity index (χ0) is 20.1. The number of amides is 1. The number of rotatable bonds is 6. The van der Waals surface area contributed by atoms with E-state index < -0.39 is 0 Å². The first kappa shape index (κ1) is 19.3. The SMILES string of the molecule is CCN(c1cccc(C)c1)c1cc(C(=O)Nc2ccc(C(C)=O)cc2)ccn1. The summed E-state index contributed by atoms with van der Waals surface area (Å²) in [7, 11) is 0. The molecule has 1 N–H and O–H groups in total. The fraction of sp³-hybridized carbons (Fsp3) is 0.174. The molecule has 5 nitrogen and oxygen atoms in total. The van der Waals surface area contributed by atoms with E-state index in [4.69, 9.17) is 0 Å². The molecule has 0 aliphatic heterocycles. The average Bonchev–Trinajstić information content (AvgIpc) is 2.69. The summed E-state index contributed by atoms with van der Waals surface area (Å²) >= 11 is 0. The molecule has 3 rings (SSSR count). The molecule has 0 spiro atoms. The largest absolute Gasteiger partial charge is 0.327 e. The Hall–Kier alpha value is -3.47. The number of nitrogens with one attached hydrogen (secondary N) is 1. The van der Waals surface area contributed by atoms with Gasteiger partial charge in [-0.05, 0) is 74.9 Å². The van der Waals surface area contributed by atoms with Crippen LogP contribution in [0.1, 0.15) is 40.1 Å². The van der Waals surface area contributed by atoms with Crippen LogP contribution in [0, 0.1) is 6.92 Å². The highest BCUT2D eigenvalue weighted by Crippen LogP contribution is 2.25. The number of hydrogen-bond donors (Lipinski definition) is 1. The Kier molecular flexibility index (Phi) is 5.84. The molecule has 2 aromatic carbocycles. The molecule has 1 heterocycles. The van der Waals surface area contributed by atoms with E-state index in [2.05, 4.69) is 21.3 Å². The van der Waals surface area contributed by atoms with Crippen molar-refractivity contribution in [2.24, 2.45) is 0 Å². The molecule has 28 heavy (non-hydrogen) atoms. The molecule has 5 heteroatoms. The topological polar surface area (TPSA) is 62.3 Å². The molecule has 0 aliphatic rings. The first-order chi connectivity index (χ1) is 13.5. The summed E-state index contributed by atoms with van der Waals surface area (Å²) in [6.45, 7) is 6.34. The zero-order valence-electron chi connectivity index (χ0n) is 16.3. The van der Waals surface area contributed by atoms with Crippen LogP contribution in [0.5, 0.6) is 0 Å². The van der Waals surface area contributed by atoms with Gasteiger partial charge in [-0.15, -0.1) is 0 Å². The maximum Gasteiger partial charge on any atom is 0.255 e. The summed E-state index contributed by atoms with van der Waals surface area (Å²) < 4.78 is 0. The van der Waals surface area contributed by atoms with Gasteiger partial charge in [-0.25, -0.2) is 4.98 Å². The minimum absolute atomic E-state index is 0.00698. The van der Waals surface area contributed by atoms with Gasteiger partial charge in [0.2, 0.25) is 0 Å². The standard InChI is InChI=1S/C23H23N3O2/c1-4-26(21-7-5-6-16(2)14-21)22-15-19(12-13-24-22)23(28)25-20-10-8-18(9-11-20)17(3)27/h5-15H,4H2,1-3H3,(H,25,28). The van der Waals surface area contributed by atoms with Crippen LogP contribution in [0.25, 0.3) is 0 Å². The first-order valence-corrected chi connectivity index (χ1v) is 9.20. The second kappa shape index (κ2) is 8.48. The van der Waals surface area contributed by atoms with E-state index in [0.29, 0.717) is 22.6 Å². The van der Waals surface area contributed by atoms with Crippen molar-refractivity contribution in [3.05, 3.63) is 83.6 Å². The number of nitrogens with zero attached hydrogens (tertiary/aromatic N) is 2. The van der Waals surface area contributed by atoms with Crippen molar-refractivity contribution >= 4 is 28.9 Å². The molecule has 0 fully saturated rings. The summed E-state index contributed by atoms with van der Waals surface area (Å²) in [5, 5.41) is 2.86. The molecule has 0 radical (unpaired) electrons. The van der Waals surface area contributed by atoms with Crippen molar-refractivity contribution in [3.63, 3.8) is 0 Å². The fourth-order valence-corrected chi connectivity index (χ4v) is 2.97. The number of aromatic nitrogens is 1. The van der Waals surface area contributed by atoms with Gasteiger partial charge >= 0.3 is 0 Å². The monoisotopic (exact) mass is 373 g/mol. The van der Waals surface area contributed by atoms with Gasteiger partial charge in [0.15, 0.2) is 5.78 Å². The number of carbonyl (C=O) groups is 2. The summed E-state index contributed by atoms with van der Waals surface area (Å²) in [6, 6.07) is 18.5. The van der Waals surface area contributed by atoms with Crippen LogP contribution in [-0.4, -0.2) is 23.2 Å². The van der Waals surface area contributed by atoms with Crippen molar-refractivity contribution in [2.75, 3.05) is 16.8 Å². The van der Waals surface area contributed by atoms with E-state index in [-0.39, 0.29) is 11.7 Å². The average molecular weight is 373 g/mol. The van der Waals surface area contributed by atoms with E-state index in [1.807, 2.05) is 32.0 Å². The van der Waals surface area contributed by atoms with Gasteiger partial charge in [-0.3, -0.25) is 9.59 Å². The number of hydrogen-bond acceptors (Lipinski definition) is 4. The van der Waals surface area contributed by atoms with Crippen LogP contribution in [0.2, 0.25) is 0 Å². The summed E-state index contributed by atoms with van der Waals surface area (Å²) in [4.78, 5) is 30.5. The summed E-state index contributed by atoms with van der Waals surface area (Å²) in [5.41, 5.74) is 3.97. The molecule has 3 aromatic rings. The number of Topliss-reactive ketones (excluding diaryl/α,β-unsaturated/α-hetero) is 1. The molecule has 0 unspecified atom stereocenters. The maximum absolute atomic E-state index is 12.7. The van der Waals surface area contributed by atoms with Crippen molar-refractivity contribution in [1.29, 1.82) is 0 Å². The van der Waals surface area contributed by atoms with Crippen LogP contribution in [-0.2, 0) is 0 Å². The van der Waals surface area contributed by atoms with Crippen LogP contribution < -0.4 is 10.2 Å². The fourth-order valence-electron chi connectivity index (χ4n) is 2.97. The van der Waals surface area contributed by atoms with Crippen LogP contribution in [0.15, 0.2) is 66.9 Å². The Balaban J connectivity index is 1.81. The Morgan fingerprint density at radius 3 is 2.39 bits per heavy atom. The van der Waals surface area contributed by atoms with Gasteiger partial charge < -0.3 is 10.2 Å². The smallest absolute Gasteiger partial charge is 0.255 e. The molecule has 0 atom stereocenters. The molecular formula is C23H23N3O2. The highest BCUT2D eigenvalue weighted by atomic mass is 16.1. The second-order valence-electron chi connectivity index (χ2n) is 6.57. The normalized spacial score (nSPS) is 10.4. The molecule has 0 aliphatic carbocycles. The number of aryl methyl sites for hydroxylation is 1. The predicted molar refractivity (Wildman–Crippen MR) is 112 cm³/mol. The van der Waals surface area contributed by atoms with Gasteiger partial charge in [0, 0.05) is 35.2 Å². The van der Waals surface area contributed by atoms with Gasteiger partial charge in [-0.1, -0.05) is 12.1 Å². The molecular weight excluding hydrogens is 350 g/mol. The molecule has 142 valence electrons. The first-order valence-electron chi connectivity index (χ1n) is 9.20. The predicted octanol–water partition coefficient (Wildman–Crippen LogP) is 5.00. The van der Waals surface area contributed by atoms with Crippen molar-refractivity contribution in [3.8, 4) is 0 Å². The molecule has 1 aromatic heterocycles. The Labute approximate surface area is 165 Å². The third-order valence-electron chi connectivity index (χ3n) is 4.46. The Bertz CT molecular complexity index is 997. The lowest BCUT2D eigenvalue weighted by Crippen LogP contribution is -2.19. The lowest BCUT2D eigenvalue weighted by atomic mass is 10.1. The lowest BCUT2D eigenvalue weighted by Gasteiger charge is -2.23. The number of carbonyl (C=O) groups excluding carboxylic acids is 2. The van der Waals surface area contributed by atoms with E-state index in [0.717, 1.165) is 12.2 Å². The number of ketones is 1. The van der Waals surface area contributed by atoms with E-state index >= 15 is 0 Å². The van der Waals surface area contributed by atoms with Crippen LogP contribution >= 0.6 is 0 Å². The zero-order valence-corrected chi connectivity index (χ0v) is 16.3. The molecule has 0 bridgehead atoms. The minimum atomic E-state index is -0.223. The number of anilines is 3. The van der Waals surface area contributed by atoms with Gasteiger partial charge in [0.1, 0.15) is 5.82 Å². The quantitative estimate of drug-likeness (QED) is 0.618. The molecule has 1 amide bonds. The lowest BCUT2D eigenvalue weighted by molar-refractivity contribution is 0.101. The van der Waals surface area contributed by atoms with E-state index in [1.54, 1.807) is 42.6 Å². The third-order valence-corrected chi connectivity index (χ3v) is 4.46. The van der Waals surface area contributed by atoms with Gasteiger partial charge in [-0.2, -0.15) is 0 Å². The molecule has 0 saturated heterocycles. The van der Waals surface area contributed by atoms with Crippen molar-refractivity contribution < 1.29 is 9.59 Å². The maximum atomic E-state index is 12.7. The van der Waals surface area contributed by atoms with Crippen molar-refractivity contribution in [2.45, 2.75) is 20.8 Å².